The van der Waals surface area contributed by atoms with E-state index in [2.05, 4.69) is 24.9 Å². The molecule has 1 saturated heterocycles. The smallest absolute Gasteiger partial charge is 0.323 e. The van der Waals surface area contributed by atoms with Crippen molar-refractivity contribution < 1.29 is 0 Å². The van der Waals surface area contributed by atoms with Crippen molar-refractivity contribution in [1.29, 1.82) is 0 Å². The van der Waals surface area contributed by atoms with Gasteiger partial charge >= 0.3 is 5.69 Å². The van der Waals surface area contributed by atoms with Gasteiger partial charge in [-0.3, -0.25) is 0 Å². The summed E-state index contributed by atoms with van der Waals surface area (Å²) in [7, 11) is 0. The molecule has 1 fully saturated rings. The molecule has 0 spiro atoms. The lowest BCUT2D eigenvalue weighted by atomic mass is 10.2. The molecular formula is C13H18N8O. The molecule has 2 aromatic rings. The number of guanidine groups is 2. The predicted octanol–water partition coefficient (Wildman–Crippen LogP) is -0.324. The number of aliphatic imine (C=N–C) groups is 2. The Morgan fingerprint density at radius 1 is 1.09 bits per heavy atom. The van der Waals surface area contributed by atoms with Crippen LogP contribution in [-0.4, -0.2) is 35.0 Å². The third kappa shape index (κ3) is 2.73. The Morgan fingerprint density at radius 2 is 1.73 bits per heavy atom. The number of nitrogens with one attached hydrogen (secondary N) is 2. The van der Waals surface area contributed by atoms with Crippen molar-refractivity contribution in [1.82, 2.24) is 9.97 Å². The molecule has 0 amide bonds. The van der Waals surface area contributed by atoms with Crippen LogP contribution in [0.4, 0.5) is 11.4 Å². The summed E-state index contributed by atoms with van der Waals surface area (Å²) in [6.45, 7) is 1.87. The van der Waals surface area contributed by atoms with Gasteiger partial charge in [0.15, 0.2) is 5.96 Å². The average Bonchev–Trinajstić information content (AvgIpc) is 3.04. The number of nitrogens with two attached hydrogens (primary N) is 3. The van der Waals surface area contributed by atoms with Crippen LogP contribution in [0.1, 0.15) is 12.8 Å². The summed E-state index contributed by atoms with van der Waals surface area (Å²) in [6.07, 6.45) is 2.24. The number of nitrogens with zero attached hydrogens (tertiary/aromatic N) is 3. The maximum absolute atomic E-state index is 11.5. The number of rotatable bonds is 2. The Labute approximate surface area is 125 Å². The summed E-state index contributed by atoms with van der Waals surface area (Å²) in [4.78, 5) is 27.1. The van der Waals surface area contributed by atoms with Crippen LogP contribution in [0.3, 0.4) is 0 Å². The zero-order chi connectivity index (χ0) is 15.7. The molecule has 0 saturated carbocycles. The zero-order valence-electron chi connectivity index (χ0n) is 12.0. The van der Waals surface area contributed by atoms with Crippen molar-refractivity contribution in [3.8, 4) is 0 Å². The predicted molar refractivity (Wildman–Crippen MR) is 87.5 cm³/mol. The third-order valence-corrected chi connectivity index (χ3v) is 3.54. The van der Waals surface area contributed by atoms with Crippen LogP contribution in [0.2, 0.25) is 0 Å². The highest BCUT2D eigenvalue weighted by Crippen LogP contribution is 2.34. The SMILES string of the molecule is NC(N)=NC(N)=Nc1cc2[nH]c(=O)[nH]c2cc1N1CCCC1. The molecule has 2 heterocycles. The van der Waals surface area contributed by atoms with Crippen LogP contribution >= 0.6 is 0 Å². The largest absolute Gasteiger partial charge is 0.370 e. The van der Waals surface area contributed by atoms with E-state index in [0.29, 0.717) is 11.2 Å². The third-order valence-electron chi connectivity index (χ3n) is 3.54. The lowest BCUT2D eigenvalue weighted by molar-refractivity contribution is 0.949. The summed E-state index contributed by atoms with van der Waals surface area (Å²) >= 11 is 0. The summed E-state index contributed by atoms with van der Waals surface area (Å²) in [6, 6.07) is 3.65. The van der Waals surface area contributed by atoms with E-state index in [0.717, 1.165) is 37.1 Å². The number of hydrogen-bond acceptors (Lipinski definition) is 3. The Balaban J connectivity index is 2.14. The highest BCUT2D eigenvalue weighted by molar-refractivity contribution is 5.96. The molecule has 3 rings (SSSR count). The highest BCUT2D eigenvalue weighted by Gasteiger charge is 2.17. The highest BCUT2D eigenvalue weighted by atomic mass is 16.1. The Morgan fingerprint density at radius 3 is 2.36 bits per heavy atom. The minimum absolute atomic E-state index is 0.0299. The topological polar surface area (TPSA) is 155 Å². The second-order valence-electron chi connectivity index (χ2n) is 5.17. The first-order valence-corrected chi connectivity index (χ1v) is 6.98. The maximum atomic E-state index is 11.5. The first-order chi connectivity index (χ1) is 10.5. The van der Waals surface area contributed by atoms with Crippen LogP contribution in [-0.2, 0) is 0 Å². The molecule has 0 aliphatic carbocycles. The van der Waals surface area contributed by atoms with E-state index in [1.54, 1.807) is 6.07 Å². The van der Waals surface area contributed by atoms with E-state index in [1.807, 2.05) is 6.07 Å². The molecule has 8 N–H and O–H groups in total. The normalized spacial score (nSPS) is 15.5. The number of anilines is 1. The van der Waals surface area contributed by atoms with Crippen molar-refractivity contribution in [2.24, 2.45) is 27.2 Å². The summed E-state index contributed by atoms with van der Waals surface area (Å²) in [5.74, 6) is -0.183. The van der Waals surface area contributed by atoms with E-state index in [4.69, 9.17) is 17.2 Å². The molecule has 0 unspecified atom stereocenters. The van der Waals surface area contributed by atoms with Crippen molar-refractivity contribution in [2.45, 2.75) is 12.8 Å². The number of hydrogen-bond donors (Lipinski definition) is 5. The summed E-state index contributed by atoms with van der Waals surface area (Å²) in [5, 5.41) is 0. The molecule has 9 nitrogen and oxygen atoms in total. The quantitative estimate of drug-likeness (QED) is 0.379. The number of imidazole rings is 1. The fraction of sp³-hybridized carbons (Fsp3) is 0.308. The first-order valence-electron chi connectivity index (χ1n) is 6.98. The van der Waals surface area contributed by atoms with Crippen LogP contribution < -0.4 is 27.8 Å². The molecule has 0 atom stereocenters. The lowest BCUT2D eigenvalue weighted by Crippen LogP contribution is -2.26. The number of benzene rings is 1. The second-order valence-corrected chi connectivity index (χ2v) is 5.17. The first kappa shape index (κ1) is 14.0. The monoisotopic (exact) mass is 302 g/mol. The van der Waals surface area contributed by atoms with Gasteiger partial charge in [0.05, 0.1) is 22.4 Å². The molecular weight excluding hydrogens is 284 g/mol. The molecule has 1 aromatic heterocycles. The zero-order valence-corrected chi connectivity index (χ0v) is 12.0. The van der Waals surface area contributed by atoms with Crippen LogP contribution in [0.25, 0.3) is 11.0 Å². The fourth-order valence-electron chi connectivity index (χ4n) is 2.64. The Bertz CT molecular complexity index is 805. The number of aromatic amines is 2. The van der Waals surface area contributed by atoms with Crippen molar-refractivity contribution in [2.75, 3.05) is 18.0 Å². The molecule has 0 bridgehead atoms. The molecule has 9 heteroatoms. The summed E-state index contributed by atoms with van der Waals surface area (Å²) < 4.78 is 0. The van der Waals surface area contributed by atoms with Crippen LogP contribution in [0.5, 0.6) is 0 Å². The van der Waals surface area contributed by atoms with E-state index >= 15 is 0 Å². The average molecular weight is 302 g/mol. The summed E-state index contributed by atoms with van der Waals surface area (Å²) in [5.41, 5.74) is 19.0. The van der Waals surface area contributed by atoms with Gasteiger partial charge in [-0.1, -0.05) is 0 Å². The van der Waals surface area contributed by atoms with Crippen LogP contribution in [0, 0.1) is 0 Å². The van der Waals surface area contributed by atoms with Gasteiger partial charge in [-0.25, -0.2) is 9.79 Å². The van der Waals surface area contributed by atoms with Gasteiger partial charge in [0, 0.05) is 13.1 Å². The van der Waals surface area contributed by atoms with E-state index < -0.39 is 0 Å². The van der Waals surface area contributed by atoms with Gasteiger partial charge in [0.2, 0.25) is 5.96 Å². The number of H-pyrrole nitrogens is 2. The molecule has 22 heavy (non-hydrogen) atoms. The van der Waals surface area contributed by atoms with E-state index in [1.165, 1.54) is 0 Å². The standard InChI is InChI=1S/C13H18N8O/c14-11(15)20-12(16)17-9-5-7-8(19-13(22)18-7)6-10(9)21-3-1-2-4-21/h5-6H,1-4H2,(H2,18,19,22)(H6,14,15,16,17,20). The minimum Gasteiger partial charge on any atom is -0.370 e. The van der Waals surface area contributed by atoms with Crippen molar-refractivity contribution in [3.05, 3.63) is 22.6 Å². The molecule has 1 aliphatic heterocycles. The van der Waals surface area contributed by atoms with Gasteiger partial charge in [0.25, 0.3) is 0 Å². The second kappa shape index (κ2) is 5.43. The Kier molecular flexibility index (Phi) is 3.45. The van der Waals surface area contributed by atoms with Gasteiger partial charge in [-0.05, 0) is 25.0 Å². The molecule has 1 aromatic carbocycles. The van der Waals surface area contributed by atoms with Gasteiger partial charge in [-0.2, -0.15) is 4.99 Å². The fourth-order valence-corrected chi connectivity index (χ4v) is 2.64. The lowest BCUT2D eigenvalue weighted by Gasteiger charge is -2.19. The van der Waals surface area contributed by atoms with Gasteiger partial charge < -0.3 is 32.1 Å². The minimum atomic E-state index is -0.263. The van der Waals surface area contributed by atoms with E-state index in [-0.39, 0.29) is 17.6 Å². The number of fused-ring (bicyclic) bond motifs is 1. The maximum Gasteiger partial charge on any atom is 0.323 e. The van der Waals surface area contributed by atoms with Crippen molar-refractivity contribution in [3.63, 3.8) is 0 Å². The molecule has 0 radical (unpaired) electrons. The van der Waals surface area contributed by atoms with Crippen molar-refractivity contribution >= 4 is 34.3 Å². The molecule has 1 aliphatic rings. The number of aromatic nitrogens is 2. The van der Waals surface area contributed by atoms with Gasteiger partial charge in [0.1, 0.15) is 0 Å². The van der Waals surface area contributed by atoms with Gasteiger partial charge in [-0.15, -0.1) is 0 Å². The Hall–Kier alpha value is -2.97. The van der Waals surface area contributed by atoms with Crippen LogP contribution in [0.15, 0.2) is 26.9 Å². The van der Waals surface area contributed by atoms with E-state index in [9.17, 15) is 4.79 Å². The molecule has 116 valence electrons.